The van der Waals surface area contributed by atoms with Gasteiger partial charge in [0, 0.05) is 6.42 Å². The standard InChI is InChI=1S/C22H20O2S.F6P/c1-16-4-2-3-5-21(16)22(23)24-20-12-10-19(11-13-20)18-8-6-17(7-9-18)14-15-25;1-7(2,3,4,5)6/h2-13,25H,14-15H2,1H3;/q;-1/p+1. The Morgan fingerprint density at radius 3 is 1.75 bits per heavy atom. The number of esters is 1. The summed E-state index contributed by atoms with van der Waals surface area (Å²) in [7, 11) is -10.7. The van der Waals surface area contributed by atoms with Gasteiger partial charge in [0.25, 0.3) is 0 Å². The molecular formula is C22H21F6O2PS. The van der Waals surface area contributed by atoms with Crippen LogP contribution in [0.3, 0.4) is 0 Å². The van der Waals surface area contributed by atoms with E-state index in [0.717, 1.165) is 28.9 Å². The van der Waals surface area contributed by atoms with Crippen LogP contribution < -0.4 is 4.74 Å². The van der Waals surface area contributed by atoms with Gasteiger partial charge in [-0.15, -0.1) is 0 Å². The molecule has 3 aromatic rings. The normalized spacial score (nSPS) is 13.2. The van der Waals surface area contributed by atoms with Gasteiger partial charge in [-0.1, -0.05) is 54.6 Å². The molecule has 0 aromatic heterocycles. The molecule has 0 atom stereocenters. The van der Waals surface area contributed by atoms with Crippen LogP contribution in [-0.2, 0) is 19.0 Å². The van der Waals surface area contributed by atoms with E-state index in [2.05, 4.69) is 36.9 Å². The van der Waals surface area contributed by atoms with Crippen molar-refractivity contribution in [3.63, 3.8) is 0 Å². The number of aryl methyl sites for hydroxylation is 2. The summed E-state index contributed by atoms with van der Waals surface area (Å²) in [6, 6.07) is 23.5. The Labute approximate surface area is 186 Å². The molecule has 3 rings (SSSR count). The van der Waals surface area contributed by atoms with Crippen LogP contribution in [0.15, 0.2) is 72.8 Å². The fourth-order valence-electron chi connectivity index (χ4n) is 2.69. The first-order valence-electron chi connectivity index (χ1n) is 9.30. The Hall–Kier alpha value is -2.51. The van der Waals surface area contributed by atoms with Crippen LogP contribution >= 0.6 is 7.81 Å². The molecule has 10 heteroatoms. The molecule has 0 amide bonds. The first kappa shape index (κ1) is 25.7. The van der Waals surface area contributed by atoms with E-state index in [0.29, 0.717) is 11.3 Å². The Morgan fingerprint density at radius 2 is 1.28 bits per heavy atom. The molecule has 0 saturated heterocycles. The average Bonchev–Trinajstić information content (AvgIpc) is 2.67. The van der Waals surface area contributed by atoms with Crippen molar-refractivity contribution in [1.29, 1.82) is 0 Å². The summed E-state index contributed by atoms with van der Waals surface area (Å²) in [6.07, 6.45) is 1.02. The summed E-state index contributed by atoms with van der Waals surface area (Å²) in [4.78, 5) is 12.3. The van der Waals surface area contributed by atoms with Crippen LogP contribution in [0.2, 0.25) is 0 Å². The minimum absolute atomic E-state index is 0.329. The molecule has 0 unspecified atom stereocenters. The van der Waals surface area contributed by atoms with Crippen molar-refractivity contribution >= 4 is 26.4 Å². The van der Waals surface area contributed by atoms with Gasteiger partial charge in [-0.3, -0.25) is 0 Å². The number of hydrogen-bond acceptors (Lipinski definition) is 2. The number of ether oxygens (including phenoxy) is 1. The fraction of sp³-hybridized carbons (Fsp3) is 0.136. The van der Waals surface area contributed by atoms with Crippen molar-refractivity contribution < 1.29 is 34.7 Å². The molecule has 0 radical (unpaired) electrons. The van der Waals surface area contributed by atoms with Gasteiger partial charge < -0.3 is 4.74 Å². The van der Waals surface area contributed by atoms with Crippen molar-refractivity contribution in [2.45, 2.75) is 13.3 Å². The van der Waals surface area contributed by atoms with E-state index >= 15 is 0 Å². The maximum atomic E-state index is 12.3. The molecule has 0 saturated carbocycles. The molecule has 2 nitrogen and oxygen atoms in total. The molecule has 0 aliphatic rings. The topological polar surface area (TPSA) is 26.3 Å². The van der Waals surface area contributed by atoms with E-state index in [9.17, 15) is 30.0 Å². The zero-order chi connectivity index (χ0) is 24.1. The van der Waals surface area contributed by atoms with Gasteiger partial charge in [-0.05, 0) is 60.0 Å². The summed E-state index contributed by atoms with van der Waals surface area (Å²) in [6.45, 7) is 1.90. The third-order valence-corrected chi connectivity index (χ3v) is 4.38. The number of halogens is 6. The summed E-state index contributed by atoms with van der Waals surface area (Å²) >= 11 is 3.50. The third-order valence-electron chi connectivity index (χ3n) is 4.13. The van der Waals surface area contributed by atoms with Gasteiger partial charge in [-0.25, -0.2) is 4.79 Å². The zero-order valence-corrected chi connectivity index (χ0v) is 18.8. The van der Waals surface area contributed by atoms with Crippen LogP contribution in [0.25, 0.3) is 11.1 Å². The third kappa shape index (κ3) is 10.2. The Bertz CT molecular complexity index is 1060. The van der Waals surface area contributed by atoms with Crippen LogP contribution in [-0.4, -0.2) is 11.7 Å². The van der Waals surface area contributed by atoms with Crippen LogP contribution in [0.5, 0.6) is 5.75 Å². The van der Waals surface area contributed by atoms with Crippen molar-refractivity contribution in [2.75, 3.05) is 5.75 Å². The second kappa shape index (κ2) is 9.16. The molecule has 0 spiro atoms. The van der Waals surface area contributed by atoms with Gasteiger partial charge >= 0.3 is 39.0 Å². The average molecular weight is 494 g/mol. The molecule has 0 aliphatic heterocycles. The van der Waals surface area contributed by atoms with E-state index in [1.54, 1.807) is 6.07 Å². The summed E-state index contributed by atoms with van der Waals surface area (Å²) in [5, 5.41) is 0. The second-order valence-corrected chi connectivity index (χ2v) is 9.30. The number of hydrogen-bond donors (Lipinski definition) is 0. The zero-order valence-electron chi connectivity index (χ0n) is 16.9. The summed E-state index contributed by atoms with van der Waals surface area (Å²) in [5.41, 5.74) is 5.05. The van der Waals surface area contributed by atoms with E-state index in [1.807, 2.05) is 49.4 Å². The second-order valence-electron chi connectivity index (χ2n) is 6.88. The predicted octanol–water partition coefficient (Wildman–Crippen LogP) is 7.82. The minimum atomic E-state index is -10.7. The Morgan fingerprint density at radius 1 is 0.812 bits per heavy atom. The molecule has 0 N–H and O–H groups in total. The number of benzene rings is 3. The summed E-state index contributed by atoms with van der Waals surface area (Å²) < 4.78 is 64.7. The molecule has 0 heterocycles. The Kier molecular flexibility index (Phi) is 7.37. The van der Waals surface area contributed by atoms with E-state index in [4.69, 9.17) is 4.74 Å². The molecule has 3 aromatic carbocycles. The van der Waals surface area contributed by atoms with Crippen LogP contribution in [0, 0.1) is 6.92 Å². The molecule has 0 aliphatic carbocycles. The van der Waals surface area contributed by atoms with Crippen molar-refractivity contribution in [1.82, 2.24) is 0 Å². The maximum absolute atomic E-state index is 12.3. The van der Waals surface area contributed by atoms with Gasteiger partial charge in [-0.2, -0.15) is 0 Å². The van der Waals surface area contributed by atoms with Crippen LogP contribution in [0.4, 0.5) is 25.2 Å². The quantitative estimate of drug-likeness (QED) is 0.119. The van der Waals surface area contributed by atoms with E-state index in [1.165, 1.54) is 5.56 Å². The molecule has 174 valence electrons. The molecule has 0 fully saturated rings. The van der Waals surface area contributed by atoms with Gasteiger partial charge in [0.1, 0.15) is 11.5 Å². The monoisotopic (exact) mass is 494 g/mol. The van der Waals surface area contributed by atoms with E-state index in [-0.39, 0.29) is 5.97 Å². The van der Waals surface area contributed by atoms with Crippen LogP contribution in [0.1, 0.15) is 21.5 Å². The number of carbonyl (C=O) groups is 1. The fourth-order valence-corrected chi connectivity index (χ4v) is 2.98. The first-order valence-corrected chi connectivity index (χ1v) is 12.0. The van der Waals surface area contributed by atoms with Gasteiger partial charge in [0.15, 0.2) is 0 Å². The van der Waals surface area contributed by atoms with Crippen molar-refractivity contribution in [3.8, 4) is 16.9 Å². The number of carbonyl (C=O) groups excluding carboxylic acids is 1. The predicted molar refractivity (Wildman–Crippen MR) is 120 cm³/mol. The van der Waals surface area contributed by atoms with E-state index < -0.39 is 7.81 Å². The van der Waals surface area contributed by atoms with Crippen molar-refractivity contribution in [2.24, 2.45) is 0 Å². The Balaban J connectivity index is 0.000000451. The van der Waals surface area contributed by atoms with Gasteiger partial charge in [0.05, 0.1) is 5.56 Å². The number of rotatable bonds is 5. The first-order chi connectivity index (χ1) is 14.6. The van der Waals surface area contributed by atoms with Crippen molar-refractivity contribution in [3.05, 3.63) is 89.5 Å². The molecular weight excluding hydrogens is 473 g/mol. The molecule has 0 bridgehead atoms. The van der Waals surface area contributed by atoms with Gasteiger partial charge in [0.2, 0.25) is 0 Å². The SMILES string of the molecule is Cc1ccccc1C(=O)Oc1ccc(-c2ccc(CC[SH2+])cc2)cc1.F[P-](F)(F)(F)(F)F. The molecule has 32 heavy (non-hydrogen) atoms. The summed E-state index contributed by atoms with van der Waals surface area (Å²) in [5.74, 6) is 1.18.